The Morgan fingerprint density at radius 3 is 1.31 bits per heavy atom. The van der Waals surface area contributed by atoms with Gasteiger partial charge in [-0.2, -0.15) is 0 Å². The summed E-state index contributed by atoms with van der Waals surface area (Å²) in [6.07, 6.45) is 9.08. The van der Waals surface area contributed by atoms with E-state index in [1.807, 2.05) is 13.8 Å². The van der Waals surface area contributed by atoms with Crippen molar-refractivity contribution in [3.8, 4) is 0 Å². The molecule has 3 spiro atoms. The molecule has 0 bridgehead atoms. The predicted octanol–water partition coefficient (Wildman–Crippen LogP) is 11.9. The lowest BCUT2D eigenvalue weighted by molar-refractivity contribution is -0.232. The molecule has 15 aliphatic rings. The minimum atomic E-state index is -2.02. The summed E-state index contributed by atoms with van der Waals surface area (Å²) < 4.78 is 101. The van der Waals surface area contributed by atoms with E-state index in [9.17, 15) is 33.9 Å². The zero-order chi connectivity index (χ0) is 74.4. The number of Topliss-reactive ketones (excluding diaryl/α,β-unsaturated/α-hetero) is 2. The maximum absolute atomic E-state index is 14.0. The Morgan fingerprint density at radius 1 is 0.529 bits per heavy atom. The number of carbonyl (C=O) groups excluding carboxylic acids is 6. The molecular formula is C77H97IO24Si2. The highest BCUT2D eigenvalue weighted by molar-refractivity contribution is 14.1. The zero-order valence-corrected chi connectivity index (χ0v) is 66.5. The normalized spacial score (nSPS) is 36.4. The Morgan fingerprint density at radius 2 is 0.894 bits per heavy atom. The van der Waals surface area contributed by atoms with Gasteiger partial charge < -0.3 is 84.4 Å². The Balaban J connectivity index is 0.000000122. The lowest BCUT2D eigenvalue weighted by Gasteiger charge is -2.54. The highest BCUT2D eigenvalue weighted by Crippen LogP contribution is 2.71. The van der Waals surface area contributed by atoms with Crippen LogP contribution < -0.4 is 0 Å². The molecule has 3 saturated carbocycles. The molecule has 27 heteroatoms. The average Bonchev–Trinajstić information content (AvgIpc) is 1.41. The number of esters is 4. The number of hydrogen-bond acceptors (Lipinski definition) is 24. The Hall–Kier alpha value is -5.42. The highest BCUT2D eigenvalue weighted by atomic mass is 127. The first kappa shape index (κ1) is 74.1. The number of aliphatic hydroxyl groups is 1. The van der Waals surface area contributed by atoms with Crippen LogP contribution in [0.15, 0.2) is 71.6 Å². The molecular weight excluding hydrogens is 1490 g/mol. The third kappa shape index (κ3) is 10.4. The van der Waals surface area contributed by atoms with Gasteiger partial charge in [-0.3, -0.25) is 14.4 Å². The number of halogens is 1. The summed E-state index contributed by atoms with van der Waals surface area (Å²) in [6.45, 7) is 31.0. The molecule has 18 rings (SSSR count). The average molecular weight is 1590 g/mol. The summed E-state index contributed by atoms with van der Waals surface area (Å²) in [5.41, 5.74) is 3.13. The van der Waals surface area contributed by atoms with E-state index >= 15 is 0 Å². The van der Waals surface area contributed by atoms with Crippen LogP contribution >= 0.6 is 21.8 Å². The second kappa shape index (κ2) is 25.3. The fourth-order valence-electron chi connectivity index (χ4n) is 21.6. The summed E-state index contributed by atoms with van der Waals surface area (Å²) in [4.78, 5) is 78.4. The number of furan rings is 3. The van der Waals surface area contributed by atoms with E-state index in [-0.39, 0.29) is 76.6 Å². The van der Waals surface area contributed by atoms with Gasteiger partial charge in [0.15, 0.2) is 40.4 Å². The first-order chi connectivity index (χ1) is 49.0. The van der Waals surface area contributed by atoms with Gasteiger partial charge in [-0.25, -0.2) is 14.4 Å². The largest absolute Gasteiger partial charge is 0.542 e. The third-order valence-electron chi connectivity index (χ3n) is 26.0. The molecule has 3 saturated heterocycles. The number of fused-ring (bicyclic) bond motifs is 13. The van der Waals surface area contributed by atoms with Crippen LogP contribution in [-0.2, 0) is 87.0 Å². The minimum Gasteiger partial charge on any atom is -0.542 e. The molecule has 3 aromatic rings. The number of ether oxygens (including phenoxy) is 13. The molecule has 9 heterocycles. The quantitative estimate of drug-likeness (QED) is 0.0684. The number of carbonyl (C=O) groups is 6. The monoisotopic (exact) mass is 1590 g/mol. The van der Waals surface area contributed by atoms with Crippen molar-refractivity contribution in [3.05, 3.63) is 109 Å². The van der Waals surface area contributed by atoms with Crippen LogP contribution in [0.1, 0.15) is 181 Å². The topological polar surface area (TPSA) is 291 Å². The predicted molar refractivity (Wildman–Crippen MR) is 383 cm³/mol. The van der Waals surface area contributed by atoms with Crippen molar-refractivity contribution in [1.29, 1.82) is 0 Å². The molecule has 6 fully saturated rings. The Bertz CT molecular complexity index is 4230. The van der Waals surface area contributed by atoms with Crippen LogP contribution in [0.25, 0.3) is 5.76 Å². The lowest BCUT2D eigenvalue weighted by Crippen LogP contribution is -2.59. The molecule has 104 heavy (non-hydrogen) atoms. The van der Waals surface area contributed by atoms with E-state index in [2.05, 4.69) is 94.9 Å². The number of aliphatic hydroxyl groups excluding tert-OH is 1. The molecule has 9 aliphatic carbocycles. The summed E-state index contributed by atoms with van der Waals surface area (Å²) in [7, 11) is 2.69. The van der Waals surface area contributed by atoms with Gasteiger partial charge in [-0.1, -0.05) is 46.5 Å². The standard InChI is InChI=1S/C26H34O7Si.C25H28O9.C23H26O8.C3H9ISi/c1-24-9-7-17-19(16(24)8-10-26(24)30-11-12-31-26)21(33-34(4,5)6)22-20-15(13-29-22)23(27)32-18(14-28-3)25(17,20)2;1-12(26)33-15-9-23(2)14(5-6-25(23)31-7-8-32-25)17-19(15)24(3)16(11-29-4)34-22(28)13-10-30-21(18(13)24)20(17)27;1-21-8-13(24)17-15(12(21)4-5-23(21)29-6-7-30-23)18(25)19-16-11(9-28-19)20(26)31-14(10-27-3)22(16,17)2;1-5(2,3)4/h7,13,16,18H,8-12,14H2,1-6H3;10,14-16H,5-9,11H2,1-4H3;9,12-14,24H,4-8,10H2,1-3H3;1-3H3/t16-,18+,24?,25?;14-,15?,16+,23?,24?;12-,13?,14+,21?,22?;/m000./s1. The van der Waals surface area contributed by atoms with Crippen LogP contribution in [0, 0.1) is 34.0 Å². The van der Waals surface area contributed by atoms with Gasteiger partial charge >= 0.3 is 23.9 Å². The van der Waals surface area contributed by atoms with Crippen molar-refractivity contribution in [1.82, 2.24) is 0 Å². The Labute approximate surface area is 619 Å². The van der Waals surface area contributed by atoms with Crippen LogP contribution in [-0.4, -0.2) is 183 Å². The lowest BCUT2D eigenvalue weighted by atomic mass is 9.53. The number of ketones is 2. The maximum Gasteiger partial charge on any atom is 0.342 e. The maximum atomic E-state index is 14.0. The summed E-state index contributed by atoms with van der Waals surface area (Å²) in [5, 5.41) is 11.5. The van der Waals surface area contributed by atoms with Gasteiger partial charge in [0.05, 0.1) is 81.8 Å². The molecule has 3 aromatic heterocycles. The summed E-state index contributed by atoms with van der Waals surface area (Å²) in [6, 6.07) is 0. The molecule has 0 amide bonds. The van der Waals surface area contributed by atoms with Gasteiger partial charge in [0.2, 0.25) is 19.9 Å². The molecule has 0 radical (unpaired) electrons. The first-order valence-corrected chi connectivity index (χ1v) is 46.6. The molecule has 564 valence electrons. The molecule has 14 atom stereocenters. The van der Waals surface area contributed by atoms with Crippen molar-refractivity contribution in [2.75, 3.05) is 80.8 Å². The molecule has 6 aliphatic heterocycles. The number of rotatable bonds is 9. The van der Waals surface area contributed by atoms with E-state index in [0.29, 0.717) is 130 Å². The van der Waals surface area contributed by atoms with Gasteiger partial charge in [0.1, 0.15) is 65.5 Å². The van der Waals surface area contributed by atoms with E-state index in [4.69, 9.17) is 79.3 Å². The number of cyclic esters (lactones) is 3. The van der Waals surface area contributed by atoms with Crippen molar-refractivity contribution < 1.29 is 113 Å². The van der Waals surface area contributed by atoms with Crippen molar-refractivity contribution >= 4 is 76.9 Å². The zero-order valence-electron chi connectivity index (χ0n) is 62.4. The fraction of sp³-hybridized carbons (Fsp3) is 0.662. The summed E-state index contributed by atoms with van der Waals surface area (Å²) >= 11 is 2.52. The second-order valence-corrected chi connectivity index (χ2v) is 52.0. The van der Waals surface area contributed by atoms with Crippen molar-refractivity contribution in [2.24, 2.45) is 34.0 Å². The van der Waals surface area contributed by atoms with E-state index in [1.165, 1.54) is 44.8 Å². The van der Waals surface area contributed by atoms with Gasteiger partial charge in [-0.15, -0.1) is 21.8 Å². The minimum absolute atomic E-state index is 0.113. The number of allylic oxidation sites excluding steroid dienone is 4. The van der Waals surface area contributed by atoms with E-state index in [1.54, 1.807) is 13.4 Å². The Kier molecular flexibility index (Phi) is 18.0. The number of methoxy groups -OCH3 is 3. The van der Waals surface area contributed by atoms with Crippen LogP contribution in [0.5, 0.6) is 0 Å². The molecule has 8 unspecified atom stereocenters. The second-order valence-electron chi connectivity index (χ2n) is 33.8. The fourth-order valence-corrected chi connectivity index (χ4v) is 22.4. The van der Waals surface area contributed by atoms with E-state index in [0.717, 1.165) is 30.6 Å². The first-order valence-electron chi connectivity index (χ1n) is 36.6. The van der Waals surface area contributed by atoms with E-state index < -0.39 is 107 Å². The molecule has 1 N–H and O–H groups in total. The molecule has 24 nitrogen and oxygen atoms in total. The van der Waals surface area contributed by atoms with Crippen LogP contribution in [0.3, 0.4) is 0 Å². The van der Waals surface area contributed by atoms with Crippen LogP contribution in [0.2, 0.25) is 39.3 Å². The number of hydrogen-bond donors (Lipinski definition) is 1. The highest BCUT2D eigenvalue weighted by Gasteiger charge is 2.73. The van der Waals surface area contributed by atoms with Crippen LogP contribution in [0.4, 0.5) is 0 Å². The smallest absolute Gasteiger partial charge is 0.342 e. The van der Waals surface area contributed by atoms with Gasteiger partial charge in [0, 0.05) is 97.2 Å². The van der Waals surface area contributed by atoms with Crippen molar-refractivity contribution in [2.45, 2.75) is 210 Å². The molecule has 0 aromatic carbocycles. The van der Waals surface area contributed by atoms with Gasteiger partial charge in [-0.05, 0) is 113 Å². The summed E-state index contributed by atoms with van der Waals surface area (Å²) in [5.74, 6) is -3.05. The van der Waals surface area contributed by atoms with Gasteiger partial charge in [0.25, 0.3) is 0 Å². The van der Waals surface area contributed by atoms with Crippen molar-refractivity contribution in [3.63, 3.8) is 0 Å². The third-order valence-corrected chi connectivity index (χ3v) is 26.8. The SMILES string of the molecule is COC[C@H]1OC(=O)c2coc3c2C1(C)C1=C(C3=O)[C@@H]2CCC3(OCCO3)C2(C)CC1O.COC[C@H]1OC(=O)c2coc3c2C1(C)C1=C(C3=O)[C@@H]2CCC3(OCCO3)C2(C)CC1OC(C)=O.COC[C@H]1OC(=O)c2coc3c2C1(C)C1=CCC2(C)[C@@H](CCC24OCCO4)C1=C3O[Si](C)(C)C.C[Si](C)(C)I.